The summed E-state index contributed by atoms with van der Waals surface area (Å²) >= 11 is 0. The van der Waals surface area contributed by atoms with E-state index >= 15 is 0 Å². The lowest BCUT2D eigenvalue weighted by atomic mass is 10.1. The van der Waals surface area contributed by atoms with Crippen LogP contribution in [0.1, 0.15) is 29.3 Å². The Morgan fingerprint density at radius 1 is 1.21 bits per heavy atom. The molecule has 136 valence electrons. The topological polar surface area (TPSA) is 55.8 Å². The molecule has 24 heavy (non-hydrogen) atoms. The van der Waals surface area contributed by atoms with Crippen molar-refractivity contribution in [2.75, 3.05) is 13.2 Å². The lowest BCUT2D eigenvalue weighted by Gasteiger charge is -2.21. The predicted molar refractivity (Wildman–Crippen MR) is 69.5 cm³/mol. The highest BCUT2D eigenvalue weighted by Crippen LogP contribution is 2.35. The van der Waals surface area contributed by atoms with Crippen LogP contribution in [-0.4, -0.2) is 36.6 Å². The molecule has 0 spiro atoms. The first-order valence-electron chi connectivity index (χ1n) is 6.72. The van der Waals surface area contributed by atoms with Gasteiger partial charge in [-0.25, -0.2) is 4.79 Å². The van der Waals surface area contributed by atoms with Crippen molar-refractivity contribution in [2.24, 2.45) is 0 Å². The van der Waals surface area contributed by atoms with E-state index in [1.807, 2.05) is 0 Å². The molecule has 0 unspecified atom stereocenters. The normalized spacial score (nSPS) is 13.6. The summed E-state index contributed by atoms with van der Waals surface area (Å²) in [6, 6.07) is 1.53. The number of aromatic hydroxyl groups is 1. The van der Waals surface area contributed by atoms with Crippen LogP contribution in [0.15, 0.2) is 18.2 Å². The Kier molecular flexibility index (Phi) is 6.47. The van der Waals surface area contributed by atoms with Gasteiger partial charge in [-0.2, -0.15) is 26.3 Å². The Hall–Kier alpha value is -1.97. The molecule has 0 aliphatic carbocycles. The molecular formula is C14H14F6O4. The molecule has 0 saturated carbocycles. The van der Waals surface area contributed by atoms with Crippen molar-refractivity contribution in [3.8, 4) is 5.75 Å². The maximum Gasteiger partial charge on any atom is 0.425 e. The van der Waals surface area contributed by atoms with E-state index in [1.54, 1.807) is 6.92 Å². The van der Waals surface area contributed by atoms with Gasteiger partial charge >= 0.3 is 18.3 Å². The van der Waals surface area contributed by atoms with Crippen molar-refractivity contribution in [3.63, 3.8) is 0 Å². The lowest BCUT2D eigenvalue weighted by Crippen LogP contribution is -2.35. The zero-order valence-electron chi connectivity index (χ0n) is 12.4. The first kappa shape index (κ1) is 20.1. The van der Waals surface area contributed by atoms with Gasteiger partial charge in [0.15, 0.2) is 6.10 Å². The number of phenols is 1. The Bertz CT molecular complexity index is 567. The third-order valence-corrected chi connectivity index (χ3v) is 2.87. The number of esters is 1. The molecule has 0 amide bonds. The molecule has 1 aromatic carbocycles. The fourth-order valence-corrected chi connectivity index (χ4v) is 1.76. The average molecular weight is 360 g/mol. The zero-order chi connectivity index (χ0) is 18.5. The van der Waals surface area contributed by atoms with Gasteiger partial charge < -0.3 is 14.6 Å². The molecule has 1 rings (SSSR count). The van der Waals surface area contributed by atoms with Crippen LogP contribution in [-0.2, 0) is 15.7 Å². The van der Waals surface area contributed by atoms with Crippen molar-refractivity contribution >= 4 is 5.97 Å². The Morgan fingerprint density at radius 2 is 1.83 bits per heavy atom. The number of halogens is 6. The molecule has 0 aliphatic heterocycles. The number of hydrogen-bond acceptors (Lipinski definition) is 4. The van der Waals surface area contributed by atoms with Crippen molar-refractivity contribution < 1.29 is 45.7 Å². The van der Waals surface area contributed by atoms with E-state index in [0.717, 1.165) is 6.07 Å². The maximum absolute atomic E-state index is 12.8. The van der Waals surface area contributed by atoms with Gasteiger partial charge in [0.1, 0.15) is 5.75 Å². The van der Waals surface area contributed by atoms with Crippen molar-refractivity contribution in [1.29, 1.82) is 0 Å². The maximum atomic E-state index is 12.8. The minimum Gasteiger partial charge on any atom is -0.508 e. The number of benzene rings is 1. The molecule has 0 radical (unpaired) electrons. The van der Waals surface area contributed by atoms with Gasteiger partial charge in [-0.3, -0.25) is 0 Å². The quantitative estimate of drug-likeness (QED) is 0.475. The van der Waals surface area contributed by atoms with Crippen molar-refractivity contribution in [2.45, 2.75) is 31.8 Å². The van der Waals surface area contributed by atoms with Crippen LogP contribution in [0.5, 0.6) is 5.75 Å². The first-order chi connectivity index (χ1) is 11.0. The summed E-state index contributed by atoms with van der Waals surface area (Å²) in [6.07, 6.45) is -13.4. The molecule has 0 saturated heterocycles. The van der Waals surface area contributed by atoms with Gasteiger partial charge in [-0.15, -0.1) is 0 Å². The Morgan fingerprint density at radius 3 is 2.33 bits per heavy atom. The van der Waals surface area contributed by atoms with Crippen molar-refractivity contribution in [1.82, 2.24) is 0 Å². The summed E-state index contributed by atoms with van der Waals surface area (Å²) in [5.41, 5.74) is -2.70. The van der Waals surface area contributed by atoms with Gasteiger partial charge in [0.05, 0.1) is 17.7 Å². The highest BCUT2D eigenvalue weighted by molar-refractivity contribution is 5.91. The van der Waals surface area contributed by atoms with Crippen LogP contribution in [0.2, 0.25) is 0 Å². The highest BCUT2D eigenvalue weighted by Gasteiger charge is 2.44. The summed E-state index contributed by atoms with van der Waals surface area (Å²) in [7, 11) is 0. The summed E-state index contributed by atoms with van der Waals surface area (Å²) in [4.78, 5) is 11.8. The van der Waals surface area contributed by atoms with E-state index in [0.29, 0.717) is 6.07 Å². The monoisotopic (exact) mass is 360 g/mol. The molecule has 0 aliphatic rings. The number of carbonyl (C=O) groups is 1. The molecule has 0 bridgehead atoms. The number of carbonyl (C=O) groups excluding carboxylic acids is 1. The van der Waals surface area contributed by atoms with Gasteiger partial charge in [0.25, 0.3) is 0 Å². The minimum absolute atomic E-state index is 0.134. The predicted octanol–water partition coefficient (Wildman–Crippen LogP) is 3.93. The molecule has 0 fully saturated rings. The molecule has 0 aromatic heterocycles. The standard InChI is InChI=1S/C14H14F6O4/c1-2-23-6-5-11(14(18,19)20)24-12(22)9-4-3-8(21)7-10(9)13(15,16)17/h3-4,7,11,21H,2,5-6H2,1H3/t11-/m1/s1. The number of hydrogen-bond donors (Lipinski definition) is 1. The second-order valence-corrected chi connectivity index (χ2v) is 4.65. The third kappa shape index (κ3) is 5.59. The third-order valence-electron chi connectivity index (χ3n) is 2.87. The number of phenolic OH excluding ortho intramolecular Hbond substituents is 1. The Balaban J connectivity index is 3.04. The molecule has 1 N–H and O–H groups in total. The molecular weight excluding hydrogens is 346 g/mol. The number of rotatable bonds is 6. The first-order valence-corrected chi connectivity index (χ1v) is 6.72. The van der Waals surface area contributed by atoms with Crippen LogP contribution < -0.4 is 0 Å². The van der Waals surface area contributed by atoms with Gasteiger partial charge in [-0.05, 0) is 25.1 Å². The largest absolute Gasteiger partial charge is 0.508 e. The zero-order valence-corrected chi connectivity index (χ0v) is 12.4. The highest BCUT2D eigenvalue weighted by atomic mass is 19.4. The number of ether oxygens (including phenoxy) is 2. The Labute approximate surface area is 133 Å². The summed E-state index contributed by atoms with van der Waals surface area (Å²) in [5.74, 6) is -2.58. The average Bonchev–Trinajstić information content (AvgIpc) is 2.44. The fourth-order valence-electron chi connectivity index (χ4n) is 1.76. The smallest absolute Gasteiger partial charge is 0.425 e. The van der Waals surface area contributed by atoms with Crippen LogP contribution in [0.3, 0.4) is 0 Å². The van der Waals surface area contributed by atoms with Gasteiger partial charge in [-0.1, -0.05) is 0 Å². The molecule has 10 heteroatoms. The molecule has 4 nitrogen and oxygen atoms in total. The minimum atomic E-state index is -5.05. The van der Waals surface area contributed by atoms with E-state index < -0.39 is 47.7 Å². The van der Waals surface area contributed by atoms with E-state index in [9.17, 15) is 31.1 Å². The second kappa shape index (κ2) is 7.73. The van der Waals surface area contributed by atoms with Crippen molar-refractivity contribution in [3.05, 3.63) is 29.3 Å². The summed E-state index contributed by atoms with van der Waals surface area (Å²) in [5, 5.41) is 9.09. The summed E-state index contributed by atoms with van der Waals surface area (Å²) < 4.78 is 86.0. The molecule has 0 heterocycles. The summed E-state index contributed by atoms with van der Waals surface area (Å²) in [6.45, 7) is 1.30. The van der Waals surface area contributed by atoms with Gasteiger partial charge in [0.2, 0.25) is 0 Å². The number of alkyl halides is 6. The van der Waals surface area contributed by atoms with E-state index in [1.165, 1.54) is 0 Å². The van der Waals surface area contributed by atoms with Crippen LogP contribution in [0.4, 0.5) is 26.3 Å². The van der Waals surface area contributed by atoms with E-state index in [-0.39, 0.29) is 19.3 Å². The van der Waals surface area contributed by atoms with Gasteiger partial charge in [0, 0.05) is 13.0 Å². The lowest BCUT2D eigenvalue weighted by molar-refractivity contribution is -0.208. The fraction of sp³-hybridized carbons (Fsp3) is 0.500. The molecule has 1 aromatic rings. The second-order valence-electron chi connectivity index (χ2n) is 4.65. The van der Waals surface area contributed by atoms with E-state index in [4.69, 9.17) is 9.84 Å². The van der Waals surface area contributed by atoms with E-state index in [2.05, 4.69) is 4.74 Å². The van der Waals surface area contributed by atoms with Crippen LogP contribution >= 0.6 is 0 Å². The van der Waals surface area contributed by atoms with Crippen LogP contribution in [0, 0.1) is 0 Å². The van der Waals surface area contributed by atoms with Crippen LogP contribution in [0.25, 0.3) is 0 Å². The SMILES string of the molecule is CCOCC[C@@H](OC(=O)c1ccc(O)cc1C(F)(F)F)C(F)(F)F. The molecule has 1 atom stereocenters.